The molecule has 2 unspecified atom stereocenters. The second kappa shape index (κ2) is 3.06. The minimum Gasteiger partial charge on any atom is -0.468 e. The maximum atomic E-state index is 11.1. The van der Waals surface area contributed by atoms with Crippen LogP contribution in [0.3, 0.4) is 0 Å². The smallest absolute Gasteiger partial charge is 0.318 e. The zero-order valence-corrected chi connectivity index (χ0v) is 7.77. The molecule has 1 saturated heterocycles. The topological polar surface area (TPSA) is 70.4 Å². The molecule has 1 rings (SSSR count). The molecule has 1 heterocycles. The number of ether oxygens (including phenoxy) is 1. The van der Waals surface area contributed by atoms with E-state index in [0.29, 0.717) is 5.75 Å². The molecule has 0 spiro atoms. The third-order valence-electron chi connectivity index (χ3n) is 1.84. The van der Waals surface area contributed by atoms with E-state index in [1.54, 1.807) is 6.92 Å². The molecule has 0 amide bonds. The van der Waals surface area contributed by atoms with Crippen molar-refractivity contribution < 1.29 is 14.6 Å². The molecule has 0 bridgehead atoms. The van der Waals surface area contributed by atoms with Gasteiger partial charge in [-0.2, -0.15) is 0 Å². The van der Waals surface area contributed by atoms with Gasteiger partial charge in [-0.1, -0.05) is 0 Å². The lowest BCUT2D eigenvalue weighted by molar-refractivity contribution is -0.148. The maximum absolute atomic E-state index is 11.1. The minimum absolute atomic E-state index is 0.187. The van der Waals surface area contributed by atoms with Crippen LogP contribution in [0.15, 0.2) is 0 Å². The van der Waals surface area contributed by atoms with E-state index < -0.39 is 17.5 Å². The lowest BCUT2D eigenvalue weighted by Gasteiger charge is -2.21. The third-order valence-corrected chi connectivity index (χ3v) is 3.12. The predicted octanol–water partition coefficient (Wildman–Crippen LogP) is 0.251. The minimum atomic E-state index is -1.13. The molecule has 0 aromatic carbocycles. The molecule has 0 saturated carbocycles. The summed E-state index contributed by atoms with van der Waals surface area (Å²) >= 11 is 1.19. The van der Waals surface area contributed by atoms with Crippen LogP contribution in [0.4, 0.5) is 0 Å². The van der Waals surface area contributed by atoms with Crippen molar-refractivity contribution in [3.8, 4) is 0 Å². The van der Waals surface area contributed by atoms with Gasteiger partial charge in [0.1, 0.15) is 5.92 Å². The Morgan fingerprint density at radius 3 is 2.83 bits per heavy atom. The average molecular weight is 189 g/mol. The Balaban J connectivity index is 2.85. The monoisotopic (exact) mass is 189 g/mol. The average Bonchev–Trinajstić information content (AvgIpc) is 2.25. The molecule has 2 atom stereocenters. The Labute approximate surface area is 74.8 Å². The van der Waals surface area contributed by atoms with Crippen molar-refractivity contribution in [2.24, 2.45) is 5.92 Å². The number of hydrogen-bond acceptors (Lipinski definition) is 5. The van der Waals surface area contributed by atoms with Crippen LogP contribution in [0.5, 0.6) is 0 Å². The molecule has 1 aliphatic heterocycles. The van der Waals surface area contributed by atoms with Gasteiger partial charge in [-0.3, -0.25) is 10.2 Å². The van der Waals surface area contributed by atoms with Gasteiger partial charge < -0.3 is 9.84 Å². The largest absolute Gasteiger partial charge is 0.468 e. The van der Waals surface area contributed by atoms with E-state index in [1.165, 1.54) is 18.9 Å². The van der Waals surface area contributed by atoms with E-state index >= 15 is 0 Å². The highest BCUT2D eigenvalue weighted by molar-refractivity contribution is 8.14. The van der Waals surface area contributed by atoms with E-state index in [1.807, 2.05) is 0 Å². The molecule has 12 heavy (non-hydrogen) atoms. The van der Waals surface area contributed by atoms with E-state index in [4.69, 9.17) is 5.41 Å². The molecule has 2 N–H and O–H groups in total. The number of carbonyl (C=O) groups excluding carboxylic acids is 1. The first-order valence-corrected chi connectivity index (χ1v) is 4.49. The van der Waals surface area contributed by atoms with Gasteiger partial charge >= 0.3 is 5.97 Å². The van der Waals surface area contributed by atoms with Crippen molar-refractivity contribution >= 4 is 22.8 Å². The molecular formula is C7H11NO3S. The molecular weight excluding hydrogens is 178 g/mol. The van der Waals surface area contributed by atoms with Crippen LogP contribution >= 0.6 is 11.8 Å². The molecule has 0 aromatic heterocycles. The zero-order valence-electron chi connectivity index (χ0n) is 6.96. The highest BCUT2D eigenvalue weighted by Gasteiger charge is 2.47. The number of esters is 1. The maximum Gasteiger partial charge on any atom is 0.318 e. The Morgan fingerprint density at radius 2 is 2.50 bits per heavy atom. The van der Waals surface area contributed by atoms with E-state index in [9.17, 15) is 9.90 Å². The van der Waals surface area contributed by atoms with Crippen LogP contribution in [0.25, 0.3) is 0 Å². The fraction of sp³-hybridized carbons (Fsp3) is 0.714. The second-order valence-electron chi connectivity index (χ2n) is 2.97. The summed E-state index contributed by atoms with van der Waals surface area (Å²) in [5, 5.41) is 17.2. The normalized spacial score (nSPS) is 35.2. The molecule has 68 valence electrons. The molecule has 1 fully saturated rings. The van der Waals surface area contributed by atoms with Crippen molar-refractivity contribution in [1.82, 2.24) is 0 Å². The Hall–Kier alpha value is -0.550. The standard InChI is InChI=1S/C7H11NO3S/c1-7(10)3-12-5(8)4(7)6(9)11-2/h4,8,10H,3H2,1-2H3. The third kappa shape index (κ3) is 1.47. The van der Waals surface area contributed by atoms with Gasteiger partial charge in [0.05, 0.1) is 17.8 Å². The number of methoxy groups -OCH3 is 1. The number of carbonyl (C=O) groups is 1. The van der Waals surface area contributed by atoms with Crippen molar-refractivity contribution in [2.75, 3.05) is 12.9 Å². The molecule has 4 nitrogen and oxygen atoms in total. The fourth-order valence-corrected chi connectivity index (χ4v) is 2.28. The summed E-state index contributed by atoms with van der Waals surface area (Å²) in [6.07, 6.45) is 0. The van der Waals surface area contributed by atoms with Gasteiger partial charge in [0.2, 0.25) is 0 Å². The quantitative estimate of drug-likeness (QED) is 0.580. The lowest BCUT2D eigenvalue weighted by Crippen LogP contribution is -2.40. The lowest BCUT2D eigenvalue weighted by atomic mass is 9.92. The Kier molecular flexibility index (Phi) is 2.44. The highest BCUT2D eigenvalue weighted by atomic mass is 32.2. The number of hydrogen-bond donors (Lipinski definition) is 2. The van der Waals surface area contributed by atoms with Crippen LogP contribution < -0.4 is 0 Å². The van der Waals surface area contributed by atoms with Gasteiger partial charge in [-0.05, 0) is 6.92 Å². The predicted molar refractivity (Wildman–Crippen MR) is 46.3 cm³/mol. The summed E-state index contributed by atoms with van der Waals surface area (Å²) in [5.74, 6) is -0.950. The van der Waals surface area contributed by atoms with Crippen LogP contribution in [-0.4, -0.2) is 34.6 Å². The van der Waals surface area contributed by atoms with Crippen LogP contribution in [0, 0.1) is 11.3 Å². The Bertz CT molecular complexity index is 227. The van der Waals surface area contributed by atoms with Crippen molar-refractivity contribution in [3.63, 3.8) is 0 Å². The molecule has 0 radical (unpaired) electrons. The molecule has 1 aliphatic rings. The number of thioether (sulfide) groups is 1. The van der Waals surface area contributed by atoms with E-state index in [2.05, 4.69) is 4.74 Å². The molecule has 0 aliphatic carbocycles. The van der Waals surface area contributed by atoms with Crippen molar-refractivity contribution in [1.29, 1.82) is 5.41 Å². The first-order chi connectivity index (χ1) is 5.49. The second-order valence-corrected chi connectivity index (χ2v) is 3.98. The highest BCUT2D eigenvalue weighted by Crippen LogP contribution is 2.35. The summed E-state index contributed by atoms with van der Waals surface area (Å²) in [4.78, 5) is 11.1. The summed E-state index contributed by atoms with van der Waals surface area (Å²) in [5.41, 5.74) is -1.13. The first kappa shape index (κ1) is 9.54. The van der Waals surface area contributed by atoms with Gasteiger partial charge in [-0.15, -0.1) is 11.8 Å². The number of rotatable bonds is 1. The SMILES string of the molecule is COC(=O)C1C(=N)SCC1(C)O. The van der Waals surface area contributed by atoms with Gasteiger partial charge in [0.25, 0.3) is 0 Å². The number of nitrogens with one attached hydrogen (secondary N) is 1. The summed E-state index contributed by atoms with van der Waals surface area (Å²) in [6.45, 7) is 1.54. The molecule has 0 aromatic rings. The summed E-state index contributed by atoms with van der Waals surface area (Å²) < 4.78 is 4.49. The summed E-state index contributed by atoms with van der Waals surface area (Å²) in [7, 11) is 1.26. The van der Waals surface area contributed by atoms with Crippen LogP contribution in [0.2, 0.25) is 0 Å². The van der Waals surface area contributed by atoms with Crippen LogP contribution in [0.1, 0.15) is 6.92 Å². The van der Waals surface area contributed by atoms with Crippen LogP contribution in [-0.2, 0) is 9.53 Å². The Morgan fingerprint density at radius 1 is 1.92 bits per heavy atom. The zero-order chi connectivity index (χ0) is 9.35. The van der Waals surface area contributed by atoms with Gasteiger partial charge in [0.15, 0.2) is 0 Å². The van der Waals surface area contributed by atoms with E-state index in [0.717, 1.165) is 0 Å². The molecule has 5 heteroatoms. The fourth-order valence-electron chi connectivity index (χ4n) is 1.15. The van der Waals surface area contributed by atoms with Gasteiger partial charge in [-0.25, -0.2) is 0 Å². The van der Waals surface area contributed by atoms with Crippen molar-refractivity contribution in [2.45, 2.75) is 12.5 Å². The van der Waals surface area contributed by atoms with Gasteiger partial charge in [0, 0.05) is 5.75 Å². The van der Waals surface area contributed by atoms with E-state index in [-0.39, 0.29) is 5.04 Å². The first-order valence-electron chi connectivity index (χ1n) is 3.50. The summed E-state index contributed by atoms with van der Waals surface area (Å²) in [6, 6.07) is 0. The van der Waals surface area contributed by atoms with Crippen molar-refractivity contribution in [3.05, 3.63) is 0 Å². The number of aliphatic hydroxyl groups is 1.